The van der Waals surface area contributed by atoms with Crippen molar-refractivity contribution in [3.8, 4) is 0 Å². The number of nitrogens with one attached hydrogen (secondary N) is 1. The molecule has 102 valence electrons. The van der Waals surface area contributed by atoms with Crippen LogP contribution in [0, 0.1) is 0 Å². The van der Waals surface area contributed by atoms with Crippen LogP contribution in [0.1, 0.15) is 39.0 Å². The Hall–Kier alpha value is 0.270. The molecule has 0 heterocycles. The van der Waals surface area contributed by atoms with Crippen LogP contribution in [0.5, 0.6) is 0 Å². The van der Waals surface area contributed by atoms with Gasteiger partial charge in [0, 0.05) is 31.4 Å². The van der Waals surface area contributed by atoms with E-state index in [0.29, 0.717) is 11.8 Å². The molecule has 0 radical (unpaired) electrons. The second-order valence-corrected chi connectivity index (χ2v) is 5.15. The van der Waals surface area contributed by atoms with Gasteiger partial charge in [0.2, 0.25) is 0 Å². The fourth-order valence-electron chi connectivity index (χ4n) is 1.55. The first kappa shape index (κ1) is 17.3. The summed E-state index contributed by atoms with van der Waals surface area (Å²) < 4.78 is 0. The third-order valence-corrected chi connectivity index (χ3v) is 3.29. The lowest BCUT2D eigenvalue weighted by Crippen LogP contribution is -2.42. The van der Waals surface area contributed by atoms with Crippen molar-refractivity contribution in [1.29, 1.82) is 0 Å². The number of hydrogen-bond acceptors (Lipinski definition) is 1. The summed E-state index contributed by atoms with van der Waals surface area (Å²) in [5, 5.41) is 4.05. The van der Waals surface area contributed by atoms with Crippen molar-refractivity contribution in [2.75, 3.05) is 31.4 Å². The fourth-order valence-corrected chi connectivity index (χ4v) is 2.25. The molecule has 0 fully saturated rings. The fraction of sp³-hybridized carbons (Fsp3) is 0.917. The maximum absolute atomic E-state index is 5.72. The molecule has 17 heavy (non-hydrogen) atoms. The van der Waals surface area contributed by atoms with E-state index >= 15 is 0 Å². The van der Waals surface area contributed by atoms with Gasteiger partial charge in [0.15, 0.2) is 5.11 Å². The number of nitrogens with zero attached hydrogens (tertiary/aromatic N) is 1. The van der Waals surface area contributed by atoms with Gasteiger partial charge in [0.25, 0.3) is 0 Å². The molecule has 1 N–H and O–H groups in total. The summed E-state index contributed by atoms with van der Waals surface area (Å²) in [6, 6.07) is 0. The first-order valence-electron chi connectivity index (χ1n) is 6.41. The quantitative estimate of drug-likeness (QED) is 0.377. The number of alkyl halides is 2. The zero-order valence-corrected chi connectivity index (χ0v) is 13.0. The van der Waals surface area contributed by atoms with E-state index in [9.17, 15) is 0 Å². The second kappa shape index (κ2) is 12.7. The third kappa shape index (κ3) is 9.93. The molecular weight excluding hydrogens is 275 g/mol. The van der Waals surface area contributed by atoms with E-state index in [1.165, 1.54) is 32.1 Å². The van der Waals surface area contributed by atoms with E-state index in [0.717, 1.165) is 24.7 Å². The number of halogens is 2. The summed E-state index contributed by atoms with van der Waals surface area (Å²) in [7, 11) is 0. The summed E-state index contributed by atoms with van der Waals surface area (Å²) >= 11 is 16.7. The van der Waals surface area contributed by atoms with Crippen LogP contribution in [0.4, 0.5) is 0 Å². The van der Waals surface area contributed by atoms with Crippen molar-refractivity contribution in [2.24, 2.45) is 0 Å². The highest BCUT2D eigenvalue weighted by Gasteiger charge is 2.06. The first-order valence-corrected chi connectivity index (χ1v) is 7.88. The minimum Gasteiger partial charge on any atom is -0.363 e. The number of unbranched alkanes of at least 4 members (excludes halogenated alkanes) is 4. The SMILES string of the molecule is CCCCCCCNC(=S)N(CCCl)CCCl. The van der Waals surface area contributed by atoms with Crippen molar-refractivity contribution in [3.05, 3.63) is 0 Å². The molecule has 0 saturated heterocycles. The predicted octanol–water partition coefficient (Wildman–Crippen LogP) is 3.61. The van der Waals surface area contributed by atoms with Gasteiger partial charge in [-0.25, -0.2) is 0 Å². The van der Waals surface area contributed by atoms with Crippen molar-refractivity contribution >= 4 is 40.5 Å². The van der Waals surface area contributed by atoms with E-state index in [2.05, 4.69) is 12.2 Å². The van der Waals surface area contributed by atoms with Gasteiger partial charge in [-0.1, -0.05) is 32.6 Å². The molecule has 0 aromatic rings. The average molecular weight is 299 g/mol. The van der Waals surface area contributed by atoms with E-state index in [1.54, 1.807) is 0 Å². The summed E-state index contributed by atoms with van der Waals surface area (Å²) in [5.74, 6) is 1.16. The van der Waals surface area contributed by atoms with Crippen LogP contribution in [0.15, 0.2) is 0 Å². The monoisotopic (exact) mass is 298 g/mol. The standard InChI is InChI=1S/C12H24Cl2N2S/c1-2-3-4-5-6-9-15-12(17)16(10-7-13)11-8-14/h2-11H2,1H3,(H,15,17). The van der Waals surface area contributed by atoms with E-state index in [4.69, 9.17) is 35.4 Å². The average Bonchev–Trinajstić information content (AvgIpc) is 2.33. The Morgan fingerprint density at radius 3 is 2.18 bits per heavy atom. The number of hydrogen-bond donors (Lipinski definition) is 1. The molecule has 0 amide bonds. The number of thiocarbonyl (C=S) groups is 1. The highest BCUT2D eigenvalue weighted by Crippen LogP contribution is 2.01. The molecule has 0 aliphatic carbocycles. The lowest BCUT2D eigenvalue weighted by molar-refractivity contribution is 0.459. The maximum Gasteiger partial charge on any atom is 0.169 e. The van der Waals surface area contributed by atoms with Crippen LogP contribution in [0.25, 0.3) is 0 Å². The second-order valence-electron chi connectivity index (χ2n) is 4.01. The summed E-state index contributed by atoms with van der Waals surface area (Å²) in [6.45, 7) is 4.69. The van der Waals surface area contributed by atoms with Crippen LogP contribution in [0.2, 0.25) is 0 Å². The van der Waals surface area contributed by atoms with Crippen LogP contribution >= 0.6 is 35.4 Å². The van der Waals surface area contributed by atoms with Crippen molar-refractivity contribution < 1.29 is 0 Å². The topological polar surface area (TPSA) is 15.3 Å². The van der Waals surface area contributed by atoms with Gasteiger partial charge in [0.05, 0.1) is 0 Å². The Balaban J connectivity index is 3.59. The molecule has 0 aromatic carbocycles. The molecule has 0 unspecified atom stereocenters. The normalized spacial score (nSPS) is 10.3. The molecule has 0 spiro atoms. The van der Waals surface area contributed by atoms with Crippen LogP contribution in [0.3, 0.4) is 0 Å². The third-order valence-electron chi connectivity index (χ3n) is 2.55. The zero-order chi connectivity index (χ0) is 12.9. The molecule has 0 bridgehead atoms. The lowest BCUT2D eigenvalue weighted by Gasteiger charge is -2.24. The molecule has 0 aliphatic heterocycles. The molecule has 0 rings (SSSR count). The van der Waals surface area contributed by atoms with Gasteiger partial charge < -0.3 is 10.2 Å². The van der Waals surface area contributed by atoms with E-state index in [1.807, 2.05) is 4.90 Å². The van der Waals surface area contributed by atoms with Gasteiger partial charge >= 0.3 is 0 Å². The molecular formula is C12H24Cl2N2S. The summed E-state index contributed by atoms with van der Waals surface area (Å²) in [6.07, 6.45) is 6.38. The van der Waals surface area contributed by atoms with Crippen molar-refractivity contribution in [2.45, 2.75) is 39.0 Å². The van der Waals surface area contributed by atoms with Gasteiger partial charge in [-0.15, -0.1) is 23.2 Å². The number of rotatable bonds is 10. The summed E-state index contributed by atoms with van der Waals surface area (Å²) in [4.78, 5) is 2.03. The minimum atomic E-state index is 0.579. The van der Waals surface area contributed by atoms with Crippen molar-refractivity contribution in [1.82, 2.24) is 10.2 Å². The molecule has 0 aliphatic rings. The molecule has 0 aromatic heterocycles. The Morgan fingerprint density at radius 1 is 1.06 bits per heavy atom. The summed E-state index contributed by atoms with van der Waals surface area (Å²) in [5.41, 5.74) is 0. The van der Waals surface area contributed by atoms with Crippen LogP contribution in [-0.4, -0.2) is 41.4 Å². The molecule has 5 heteroatoms. The highest BCUT2D eigenvalue weighted by atomic mass is 35.5. The lowest BCUT2D eigenvalue weighted by atomic mass is 10.1. The largest absolute Gasteiger partial charge is 0.363 e. The molecule has 0 atom stereocenters. The smallest absolute Gasteiger partial charge is 0.169 e. The Labute approximate surface area is 121 Å². The predicted molar refractivity (Wildman–Crippen MR) is 82.4 cm³/mol. The highest BCUT2D eigenvalue weighted by molar-refractivity contribution is 7.80. The van der Waals surface area contributed by atoms with Crippen molar-refractivity contribution in [3.63, 3.8) is 0 Å². The Bertz CT molecular complexity index is 185. The van der Waals surface area contributed by atoms with E-state index < -0.39 is 0 Å². The van der Waals surface area contributed by atoms with Crippen LogP contribution < -0.4 is 5.32 Å². The minimum absolute atomic E-state index is 0.579. The van der Waals surface area contributed by atoms with Crippen LogP contribution in [-0.2, 0) is 0 Å². The van der Waals surface area contributed by atoms with Gasteiger partial charge in [0.1, 0.15) is 0 Å². The molecule has 2 nitrogen and oxygen atoms in total. The van der Waals surface area contributed by atoms with Gasteiger partial charge in [-0.3, -0.25) is 0 Å². The maximum atomic E-state index is 5.72. The molecule has 0 saturated carbocycles. The van der Waals surface area contributed by atoms with Gasteiger partial charge in [-0.2, -0.15) is 0 Å². The Kier molecular flexibility index (Phi) is 12.9. The zero-order valence-electron chi connectivity index (χ0n) is 10.7. The van der Waals surface area contributed by atoms with E-state index in [-0.39, 0.29) is 0 Å². The van der Waals surface area contributed by atoms with Gasteiger partial charge in [-0.05, 0) is 18.6 Å². The first-order chi connectivity index (χ1) is 8.26. The Morgan fingerprint density at radius 2 is 1.65 bits per heavy atom.